The smallest absolute Gasteiger partial charge is 0.357 e. The zero-order chi connectivity index (χ0) is 24.7. The SMILES string of the molecule is CCOC(=O)CCOc1ccc(Br)cc1-c1nn(-c2ccccc2)c(C(=O)OC)c1C(=O)OC. The molecule has 9 nitrogen and oxygen atoms in total. The molecule has 178 valence electrons. The molecule has 3 aromatic rings. The van der Waals surface area contributed by atoms with Gasteiger partial charge in [-0.2, -0.15) is 5.10 Å². The van der Waals surface area contributed by atoms with Crippen molar-refractivity contribution in [1.82, 2.24) is 9.78 Å². The molecule has 34 heavy (non-hydrogen) atoms. The molecule has 0 bridgehead atoms. The van der Waals surface area contributed by atoms with Crippen LogP contribution in [-0.2, 0) is 19.0 Å². The van der Waals surface area contributed by atoms with Crippen molar-refractivity contribution in [3.8, 4) is 22.7 Å². The summed E-state index contributed by atoms with van der Waals surface area (Å²) in [6.45, 7) is 2.05. The summed E-state index contributed by atoms with van der Waals surface area (Å²) in [6.07, 6.45) is 0.0407. The second kappa shape index (κ2) is 11.5. The predicted octanol–water partition coefficient (Wildman–Crippen LogP) is 4.21. The van der Waals surface area contributed by atoms with Crippen LogP contribution in [0.25, 0.3) is 16.9 Å². The summed E-state index contributed by atoms with van der Waals surface area (Å²) >= 11 is 3.43. The van der Waals surface area contributed by atoms with E-state index in [0.717, 1.165) is 0 Å². The van der Waals surface area contributed by atoms with Gasteiger partial charge in [-0.15, -0.1) is 0 Å². The van der Waals surface area contributed by atoms with Gasteiger partial charge in [-0.3, -0.25) is 4.79 Å². The van der Waals surface area contributed by atoms with Crippen molar-refractivity contribution in [3.05, 3.63) is 64.3 Å². The molecular formula is C24H23BrN2O7. The molecule has 0 radical (unpaired) electrons. The summed E-state index contributed by atoms with van der Waals surface area (Å²) in [5.74, 6) is -1.57. The average molecular weight is 531 g/mol. The molecule has 0 amide bonds. The summed E-state index contributed by atoms with van der Waals surface area (Å²) in [5, 5.41) is 4.59. The highest BCUT2D eigenvalue weighted by atomic mass is 79.9. The zero-order valence-electron chi connectivity index (χ0n) is 18.9. The lowest BCUT2D eigenvalue weighted by Crippen LogP contribution is -2.15. The van der Waals surface area contributed by atoms with Crippen LogP contribution in [0.15, 0.2) is 53.0 Å². The van der Waals surface area contributed by atoms with Crippen molar-refractivity contribution in [2.24, 2.45) is 0 Å². The summed E-state index contributed by atoms with van der Waals surface area (Å²) in [7, 11) is 2.43. The van der Waals surface area contributed by atoms with Gasteiger partial charge in [-0.25, -0.2) is 14.3 Å². The standard InChI is InChI=1S/C24H23BrN2O7/c1-4-33-19(28)12-13-34-18-11-10-15(25)14-17(18)21-20(23(29)31-2)22(24(30)32-3)27(26-21)16-8-6-5-7-9-16/h5-11,14H,4,12-13H2,1-3H3. The highest BCUT2D eigenvalue weighted by Gasteiger charge is 2.32. The van der Waals surface area contributed by atoms with Gasteiger partial charge in [0, 0.05) is 10.0 Å². The number of carbonyl (C=O) groups excluding carboxylic acids is 3. The van der Waals surface area contributed by atoms with Gasteiger partial charge < -0.3 is 18.9 Å². The van der Waals surface area contributed by atoms with Crippen LogP contribution in [0.4, 0.5) is 0 Å². The van der Waals surface area contributed by atoms with Crippen LogP contribution in [0.5, 0.6) is 5.75 Å². The van der Waals surface area contributed by atoms with E-state index >= 15 is 0 Å². The van der Waals surface area contributed by atoms with Gasteiger partial charge >= 0.3 is 17.9 Å². The van der Waals surface area contributed by atoms with Crippen LogP contribution in [0, 0.1) is 0 Å². The van der Waals surface area contributed by atoms with Crippen LogP contribution in [-0.4, -0.2) is 55.1 Å². The lowest BCUT2D eigenvalue weighted by molar-refractivity contribution is -0.143. The summed E-state index contributed by atoms with van der Waals surface area (Å²) in [6, 6.07) is 14.0. The van der Waals surface area contributed by atoms with Crippen molar-refractivity contribution < 1.29 is 33.3 Å². The Morgan fingerprint density at radius 1 is 1.00 bits per heavy atom. The number of benzene rings is 2. The molecule has 1 aromatic heterocycles. The first-order valence-electron chi connectivity index (χ1n) is 10.3. The zero-order valence-corrected chi connectivity index (χ0v) is 20.5. The number of para-hydroxylation sites is 1. The Hall–Kier alpha value is -3.66. The highest BCUT2D eigenvalue weighted by Crippen LogP contribution is 2.37. The Kier molecular flexibility index (Phi) is 8.42. The lowest BCUT2D eigenvalue weighted by Gasteiger charge is -2.11. The van der Waals surface area contributed by atoms with Gasteiger partial charge in [-0.05, 0) is 37.3 Å². The van der Waals surface area contributed by atoms with Crippen LogP contribution >= 0.6 is 15.9 Å². The Balaban J connectivity index is 2.18. The Morgan fingerprint density at radius 2 is 1.71 bits per heavy atom. The second-order valence-corrected chi connectivity index (χ2v) is 7.76. The van der Waals surface area contributed by atoms with E-state index in [2.05, 4.69) is 21.0 Å². The van der Waals surface area contributed by atoms with E-state index in [1.165, 1.54) is 18.9 Å². The van der Waals surface area contributed by atoms with Gasteiger partial charge in [0.25, 0.3) is 0 Å². The summed E-state index contributed by atoms with van der Waals surface area (Å²) in [5.41, 5.74) is 0.945. The molecule has 0 spiro atoms. The van der Waals surface area contributed by atoms with Crippen LogP contribution in [0.2, 0.25) is 0 Å². The van der Waals surface area contributed by atoms with E-state index < -0.39 is 17.9 Å². The van der Waals surface area contributed by atoms with Crippen molar-refractivity contribution >= 4 is 33.8 Å². The molecule has 3 rings (SSSR count). The maximum atomic E-state index is 12.9. The quantitative estimate of drug-likeness (QED) is 0.299. The Labute approximate surface area is 204 Å². The molecule has 0 N–H and O–H groups in total. The first-order valence-corrected chi connectivity index (χ1v) is 11.1. The van der Waals surface area contributed by atoms with Crippen LogP contribution < -0.4 is 4.74 Å². The number of methoxy groups -OCH3 is 2. The van der Waals surface area contributed by atoms with Crippen molar-refractivity contribution in [1.29, 1.82) is 0 Å². The third kappa shape index (κ3) is 5.45. The summed E-state index contributed by atoms with van der Waals surface area (Å²) in [4.78, 5) is 37.3. The Bertz CT molecular complexity index is 1190. The number of rotatable bonds is 9. The van der Waals surface area contributed by atoms with Crippen LogP contribution in [0.1, 0.15) is 34.2 Å². The van der Waals surface area contributed by atoms with E-state index in [4.69, 9.17) is 18.9 Å². The summed E-state index contributed by atoms with van der Waals surface area (Å²) < 4.78 is 22.7. The molecule has 0 aliphatic carbocycles. The van der Waals surface area contributed by atoms with E-state index in [1.807, 2.05) is 6.07 Å². The van der Waals surface area contributed by atoms with Crippen LogP contribution in [0.3, 0.4) is 0 Å². The number of ether oxygens (including phenoxy) is 4. The third-order valence-corrected chi connectivity index (χ3v) is 5.21. The number of hydrogen-bond donors (Lipinski definition) is 0. The molecule has 10 heteroatoms. The van der Waals surface area contributed by atoms with Crippen molar-refractivity contribution in [3.63, 3.8) is 0 Å². The lowest BCUT2D eigenvalue weighted by atomic mass is 10.0. The maximum Gasteiger partial charge on any atom is 0.357 e. The van der Waals surface area contributed by atoms with E-state index in [9.17, 15) is 14.4 Å². The average Bonchev–Trinajstić information content (AvgIpc) is 3.25. The molecule has 0 aliphatic heterocycles. The predicted molar refractivity (Wildman–Crippen MR) is 126 cm³/mol. The second-order valence-electron chi connectivity index (χ2n) is 6.85. The number of aromatic nitrogens is 2. The third-order valence-electron chi connectivity index (χ3n) is 4.72. The molecule has 0 fully saturated rings. The Morgan fingerprint density at radius 3 is 2.35 bits per heavy atom. The molecule has 0 aliphatic rings. The van der Waals surface area contributed by atoms with E-state index in [1.54, 1.807) is 49.4 Å². The van der Waals surface area contributed by atoms with Crippen molar-refractivity contribution in [2.75, 3.05) is 27.4 Å². The minimum absolute atomic E-state index is 0.0407. The van der Waals surface area contributed by atoms with Gasteiger partial charge in [0.05, 0.1) is 39.5 Å². The first-order chi connectivity index (χ1) is 16.4. The fourth-order valence-electron chi connectivity index (χ4n) is 3.23. The molecule has 0 atom stereocenters. The highest BCUT2D eigenvalue weighted by molar-refractivity contribution is 9.10. The molecule has 0 unspecified atom stereocenters. The maximum absolute atomic E-state index is 12.9. The van der Waals surface area contributed by atoms with Crippen molar-refractivity contribution in [2.45, 2.75) is 13.3 Å². The van der Waals surface area contributed by atoms with E-state index in [0.29, 0.717) is 21.5 Å². The largest absolute Gasteiger partial charge is 0.492 e. The minimum atomic E-state index is -0.768. The van der Waals surface area contributed by atoms with Gasteiger partial charge in [-0.1, -0.05) is 34.1 Å². The number of carbonyl (C=O) groups is 3. The number of hydrogen-bond acceptors (Lipinski definition) is 8. The molecule has 0 saturated carbocycles. The normalized spacial score (nSPS) is 10.5. The molecule has 2 aromatic carbocycles. The number of halogens is 1. The monoisotopic (exact) mass is 530 g/mol. The molecule has 1 heterocycles. The fraction of sp³-hybridized carbons (Fsp3) is 0.250. The number of nitrogens with zero attached hydrogens (tertiary/aromatic N) is 2. The fourth-order valence-corrected chi connectivity index (χ4v) is 3.59. The molecule has 0 saturated heterocycles. The number of esters is 3. The molecular weight excluding hydrogens is 508 g/mol. The first kappa shape index (κ1) is 25.0. The minimum Gasteiger partial charge on any atom is -0.492 e. The van der Waals surface area contributed by atoms with Gasteiger partial charge in [0.1, 0.15) is 17.0 Å². The topological polar surface area (TPSA) is 106 Å². The van der Waals surface area contributed by atoms with Gasteiger partial charge in [0.2, 0.25) is 0 Å². The van der Waals surface area contributed by atoms with Gasteiger partial charge in [0.15, 0.2) is 5.69 Å². The van der Waals surface area contributed by atoms with E-state index in [-0.39, 0.29) is 36.6 Å².